The number of rotatable bonds is 2. The molecule has 0 bridgehead atoms. The second-order valence-electron chi connectivity index (χ2n) is 7.59. The summed E-state index contributed by atoms with van der Waals surface area (Å²) in [5.41, 5.74) is 0.333. The summed E-state index contributed by atoms with van der Waals surface area (Å²) in [5.74, 6) is -2.65. The standard InChI is InChI=1S/C18H22FNO6/c1-17(2)23-11-12(24-17)14-16(26-18(3,4)25-14)22-13(11)15(21)20-10-7-5-6-9(19)8-10/h5-8,11-14,16H,1-4H3,(H,20,21)/t11-,12+,13-,14+,16-/m1/s1. The Balaban J connectivity index is 1.58. The van der Waals surface area contributed by atoms with Crippen molar-refractivity contribution in [3.05, 3.63) is 30.1 Å². The summed E-state index contributed by atoms with van der Waals surface area (Å²) in [4.78, 5) is 12.8. The summed E-state index contributed by atoms with van der Waals surface area (Å²) < 4.78 is 42.8. The van der Waals surface area contributed by atoms with Gasteiger partial charge < -0.3 is 29.0 Å². The van der Waals surface area contributed by atoms with E-state index in [0.29, 0.717) is 5.69 Å². The van der Waals surface area contributed by atoms with Crippen LogP contribution in [0.5, 0.6) is 0 Å². The fraction of sp³-hybridized carbons (Fsp3) is 0.611. The Morgan fingerprint density at radius 3 is 2.38 bits per heavy atom. The van der Waals surface area contributed by atoms with E-state index in [-0.39, 0.29) is 0 Å². The third-order valence-electron chi connectivity index (χ3n) is 4.51. The van der Waals surface area contributed by atoms with Crippen LogP contribution in [0.25, 0.3) is 0 Å². The Bertz CT molecular complexity index is 723. The molecule has 0 aromatic heterocycles. The van der Waals surface area contributed by atoms with E-state index in [9.17, 15) is 9.18 Å². The summed E-state index contributed by atoms with van der Waals surface area (Å²) in [7, 11) is 0. The first kappa shape index (κ1) is 17.8. The Kier molecular flexibility index (Phi) is 4.09. The zero-order chi connectivity index (χ0) is 18.7. The van der Waals surface area contributed by atoms with Gasteiger partial charge in [-0.2, -0.15) is 0 Å². The van der Waals surface area contributed by atoms with Crippen molar-refractivity contribution in [2.45, 2.75) is 70.0 Å². The molecule has 7 nitrogen and oxygen atoms in total. The zero-order valence-corrected chi connectivity index (χ0v) is 15.0. The van der Waals surface area contributed by atoms with E-state index in [4.69, 9.17) is 23.7 Å². The molecule has 142 valence electrons. The lowest BCUT2D eigenvalue weighted by molar-refractivity contribution is -0.229. The third-order valence-corrected chi connectivity index (χ3v) is 4.51. The summed E-state index contributed by atoms with van der Waals surface area (Å²) in [5, 5.41) is 2.66. The Morgan fingerprint density at radius 2 is 1.65 bits per heavy atom. The van der Waals surface area contributed by atoms with Gasteiger partial charge in [0.15, 0.2) is 24.0 Å². The number of fused-ring (bicyclic) bond motifs is 3. The van der Waals surface area contributed by atoms with Gasteiger partial charge in [-0.3, -0.25) is 4.79 Å². The highest BCUT2D eigenvalue weighted by Crippen LogP contribution is 2.44. The van der Waals surface area contributed by atoms with Gasteiger partial charge in [-0.1, -0.05) is 6.07 Å². The Morgan fingerprint density at radius 1 is 1.00 bits per heavy atom. The molecule has 3 aliphatic heterocycles. The fourth-order valence-corrected chi connectivity index (χ4v) is 3.60. The first-order valence-corrected chi connectivity index (χ1v) is 8.57. The molecule has 1 aromatic rings. The van der Waals surface area contributed by atoms with Gasteiger partial charge in [-0.05, 0) is 45.9 Å². The molecule has 1 amide bonds. The number of benzene rings is 1. The molecular formula is C18H22FNO6. The van der Waals surface area contributed by atoms with E-state index in [1.165, 1.54) is 18.2 Å². The predicted molar refractivity (Wildman–Crippen MR) is 87.6 cm³/mol. The normalized spacial score (nSPS) is 37.0. The number of hydrogen-bond acceptors (Lipinski definition) is 6. The van der Waals surface area contributed by atoms with Gasteiger partial charge in [0, 0.05) is 5.69 Å². The molecule has 3 saturated heterocycles. The number of halogens is 1. The van der Waals surface area contributed by atoms with E-state index in [1.807, 2.05) is 0 Å². The highest BCUT2D eigenvalue weighted by atomic mass is 19.1. The van der Waals surface area contributed by atoms with Gasteiger partial charge in [0.1, 0.15) is 24.1 Å². The van der Waals surface area contributed by atoms with Crippen molar-refractivity contribution in [2.75, 3.05) is 5.32 Å². The first-order chi connectivity index (χ1) is 12.1. The van der Waals surface area contributed by atoms with Crippen LogP contribution in [-0.2, 0) is 28.5 Å². The largest absolute Gasteiger partial charge is 0.342 e. The smallest absolute Gasteiger partial charge is 0.256 e. The molecule has 5 atom stereocenters. The molecule has 0 saturated carbocycles. The van der Waals surface area contributed by atoms with Gasteiger partial charge in [-0.25, -0.2) is 4.39 Å². The minimum absolute atomic E-state index is 0.333. The van der Waals surface area contributed by atoms with Crippen molar-refractivity contribution in [3.63, 3.8) is 0 Å². The van der Waals surface area contributed by atoms with E-state index >= 15 is 0 Å². The first-order valence-electron chi connectivity index (χ1n) is 8.57. The average Bonchev–Trinajstić information content (AvgIpc) is 3.00. The van der Waals surface area contributed by atoms with Gasteiger partial charge in [0.25, 0.3) is 5.91 Å². The molecule has 0 radical (unpaired) electrons. The van der Waals surface area contributed by atoms with Crippen LogP contribution >= 0.6 is 0 Å². The lowest BCUT2D eigenvalue weighted by atomic mass is 9.98. The zero-order valence-electron chi connectivity index (χ0n) is 15.0. The maximum Gasteiger partial charge on any atom is 0.256 e. The van der Waals surface area contributed by atoms with Crippen molar-refractivity contribution in [2.24, 2.45) is 0 Å². The van der Waals surface area contributed by atoms with Crippen molar-refractivity contribution < 1.29 is 32.9 Å². The number of nitrogens with one attached hydrogen (secondary N) is 1. The van der Waals surface area contributed by atoms with Crippen LogP contribution in [0, 0.1) is 5.82 Å². The van der Waals surface area contributed by atoms with E-state index < -0.39 is 54.0 Å². The molecule has 3 aliphatic rings. The second-order valence-corrected chi connectivity index (χ2v) is 7.59. The minimum Gasteiger partial charge on any atom is -0.342 e. The molecule has 0 spiro atoms. The molecule has 0 aliphatic carbocycles. The van der Waals surface area contributed by atoms with Crippen LogP contribution in [0.1, 0.15) is 27.7 Å². The van der Waals surface area contributed by atoms with Crippen LogP contribution in [0.2, 0.25) is 0 Å². The molecule has 3 heterocycles. The van der Waals surface area contributed by atoms with Gasteiger partial charge >= 0.3 is 0 Å². The van der Waals surface area contributed by atoms with Crippen molar-refractivity contribution in [1.82, 2.24) is 0 Å². The molecule has 0 unspecified atom stereocenters. The summed E-state index contributed by atoms with van der Waals surface area (Å²) in [6.07, 6.45) is -3.43. The molecular weight excluding hydrogens is 345 g/mol. The summed E-state index contributed by atoms with van der Waals surface area (Å²) in [6.45, 7) is 7.07. The quantitative estimate of drug-likeness (QED) is 0.863. The van der Waals surface area contributed by atoms with Crippen LogP contribution in [0.3, 0.4) is 0 Å². The Labute approximate surface area is 150 Å². The highest BCUT2D eigenvalue weighted by molar-refractivity contribution is 5.94. The van der Waals surface area contributed by atoms with Crippen LogP contribution in [0.15, 0.2) is 24.3 Å². The molecule has 26 heavy (non-hydrogen) atoms. The maximum absolute atomic E-state index is 13.4. The van der Waals surface area contributed by atoms with Gasteiger partial charge in [-0.15, -0.1) is 0 Å². The summed E-state index contributed by atoms with van der Waals surface area (Å²) in [6, 6.07) is 5.64. The van der Waals surface area contributed by atoms with Crippen LogP contribution < -0.4 is 5.32 Å². The lowest BCUT2D eigenvalue weighted by Gasteiger charge is -2.36. The van der Waals surface area contributed by atoms with E-state index in [1.54, 1.807) is 33.8 Å². The molecule has 1 N–H and O–H groups in total. The van der Waals surface area contributed by atoms with Gasteiger partial charge in [0.05, 0.1) is 0 Å². The predicted octanol–water partition coefficient (Wildman–Crippen LogP) is 2.16. The lowest BCUT2D eigenvalue weighted by Crippen LogP contribution is -2.58. The molecule has 3 fully saturated rings. The van der Waals surface area contributed by atoms with Crippen molar-refractivity contribution in [1.29, 1.82) is 0 Å². The van der Waals surface area contributed by atoms with E-state index in [2.05, 4.69) is 5.32 Å². The van der Waals surface area contributed by atoms with Crippen molar-refractivity contribution >= 4 is 11.6 Å². The SMILES string of the molecule is CC1(C)O[C@H]2O[C@@H](C(=O)Nc3cccc(F)c3)[C@@H]3OC(C)(C)O[C@@H]3[C@@H]2O1. The highest BCUT2D eigenvalue weighted by Gasteiger charge is 2.62. The number of amides is 1. The van der Waals surface area contributed by atoms with Crippen molar-refractivity contribution in [3.8, 4) is 0 Å². The Hall–Kier alpha value is -1.58. The minimum atomic E-state index is -0.983. The third kappa shape index (κ3) is 3.23. The number of ether oxygens (including phenoxy) is 5. The van der Waals surface area contributed by atoms with Crippen LogP contribution in [0.4, 0.5) is 10.1 Å². The number of anilines is 1. The maximum atomic E-state index is 13.4. The molecule has 8 heteroatoms. The second kappa shape index (κ2) is 5.97. The molecule has 4 rings (SSSR count). The number of carbonyl (C=O) groups excluding carboxylic acids is 1. The van der Waals surface area contributed by atoms with Gasteiger partial charge in [0.2, 0.25) is 0 Å². The van der Waals surface area contributed by atoms with E-state index in [0.717, 1.165) is 0 Å². The topological polar surface area (TPSA) is 75.3 Å². The average molecular weight is 367 g/mol. The number of hydrogen-bond donors (Lipinski definition) is 1. The monoisotopic (exact) mass is 367 g/mol. The summed E-state index contributed by atoms with van der Waals surface area (Å²) >= 11 is 0. The number of carbonyl (C=O) groups is 1. The fourth-order valence-electron chi connectivity index (χ4n) is 3.60. The molecule has 1 aromatic carbocycles. The van der Waals surface area contributed by atoms with Crippen LogP contribution in [-0.4, -0.2) is 48.2 Å².